The SMILES string of the molecule is COC1CN(c2nc3ccc(-n4cc(C(=O)O)c(=O)cc4-c4ccc(N5CCCC5)cc4)cc3o2)C1. The van der Waals surface area contributed by atoms with Gasteiger partial charge in [-0.2, -0.15) is 4.98 Å². The third kappa shape index (κ3) is 3.91. The van der Waals surface area contributed by atoms with E-state index in [0.29, 0.717) is 28.5 Å². The van der Waals surface area contributed by atoms with E-state index in [2.05, 4.69) is 9.88 Å². The lowest BCUT2D eigenvalue weighted by Crippen LogP contribution is -2.52. The van der Waals surface area contributed by atoms with Crippen molar-refractivity contribution in [1.82, 2.24) is 9.55 Å². The van der Waals surface area contributed by atoms with Crippen molar-refractivity contribution in [2.75, 3.05) is 43.1 Å². The van der Waals surface area contributed by atoms with Crippen LogP contribution in [0.5, 0.6) is 0 Å². The topological polar surface area (TPSA) is 101 Å². The molecule has 9 heteroatoms. The summed E-state index contributed by atoms with van der Waals surface area (Å²) in [5.74, 6) is -1.27. The summed E-state index contributed by atoms with van der Waals surface area (Å²) in [6.07, 6.45) is 3.93. The Morgan fingerprint density at radius 3 is 2.44 bits per heavy atom. The third-order valence-corrected chi connectivity index (χ3v) is 7.01. The van der Waals surface area contributed by atoms with E-state index in [1.807, 2.05) is 47.4 Å². The largest absolute Gasteiger partial charge is 0.477 e. The van der Waals surface area contributed by atoms with Crippen molar-refractivity contribution in [1.29, 1.82) is 0 Å². The van der Waals surface area contributed by atoms with Gasteiger partial charge in [-0.15, -0.1) is 0 Å². The number of fused-ring (bicyclic) bond motifs is 1. The van der Waals surface area contributed by atoms with Crippen LogP contribution in [0.2, 0.25) is 0 Å². The zero-order chi connectivity index (χ0) is 24.8. The molecule has 0 bridgehead atoms. The molecule has 0 amide bonds. The lowest BCUT2D eigenvalue weighted by atomic mass is 10.1. The van der Waals surface area contributed by atoms with Crippen molar-refractivity contribution in [3.8, 4) is 16.9 Å². The molecule has 0 saturated carbocycles. The second-order valence-corrected chi connectivity index (χ2v) is 9.26. The van der Waals surface area contributed by atoms with Crippen molar-refractivity contribution in [3.05, 3.63) is 70.5 Å². The van der Waals surface area contributed by atoms with Crippen LogP contribution in [0, 0.1) is 0 Å². The zero-order valence-electron chi connectivity index (χ0n) is 19.9. The van der Waals surface area contributed by atoms with Crippen LogP contribution in [0.3, 0.4) is 0 Å². The van der Waals surface area contributed by atoms with Gasteiger partial charge in [-0.3, -0.25) is 4.79 Å². The molecule has 2 aromatic heterocycles. The van der Waals surface area contributed by atoms with Crippen LogP contribution in [-0.4, -0.2) is 60.0 Å². The monoisotopic (exact) mass is 486 g/mol. The Morgan fingerprint density at radius 1 is 1.03 bits per heavy atom. The fourth-order valence-electron chi connectivity index (χ4n) is 4.88. The Hall–Kier alpha value is -4.11. The van der Waals surface area contributed by atoms with Crippen LogP contribution in [-0.2, 0) is 4.74 Å². The number of carbonyl (C=O) groups is 1. The summed E-state index contributed by atoms with van der Waals surface area (Å²) in [5.41, 5.74) is 3.68. The van der Waals surface area contributed by atoms with Crippen LogP contribution >= 0.6 is 0 Å². The minimum absolute atomic E-state index is 0.172. The van der Waals surface area contributed by atoms with Gasteiger partial charge in [0.15, 0.2) is 11.0 Å². The Kier molecular flexibility index (Phi) is 5.49. The van der Waals surface area contributed by atoms with E-state index in [0.717, 1.165) is 37.4 Å². The highest BCUT2D eigenvalue weighted by atomic mass is 16.5. The molecule has 6 rings (SSSR count). The van der Waals surface area contributed by atoms with Crippen molar-refractivity contribution in [2.45, 2.75) is 18.9 Å². The van der Waals surface area contributed by atoms with E-state index in [4.69, 9.17) is 9.15 Å². The van der Waals surface area contributed by atoms with Gasteiger partial charge in [-0.1, -0.05) is 12.1 Å². The summed E-state index contributed by atoms with van der Waals surface area (Å²) >= 11 is 0. The molecule has 0 aliphatic carbocycles. The number of methoxy groups -OCH3 is 1. The van der Waals surface area contributed by atoms with Gasteiger partial charge in [0.05, 0.1) is 24.9 Å². The first kappa shape index (κ1) is 22.4. The maximum absolute atomic E-state index is 12.6. The van der Waals surface area contributed by atoms with Crippen LogP contribution in [0.25, 0.3) is 28.0 Å². The number of aromatic carboxylic acids is 1. The summed E-state index contributed by atoms with van der Waals surface area (Å²) in [6, 6.07) is 15.5. The van der Waals surface area contributed by atoms with Gasteiger partial charge in [0.1, 0.15) is 11.1 Å². The number of hydrogen-bond donors (Lipinski definition) is 1. The summed E-state index contributed by atoms with van der Waals surface area (Å²) in [6.45, 7) is 3.52. The molecule has 2 fully saturated rings. The summed E-state index contributed by atoms with van der Waals surface area (Å²) < 4.78 is 13.1. The molecule has 4 heterocycles. The number of benzene rings is 2. The van der Waals surface area contributed by atoms with Crippen LogP contribution in [0.15, 0.2) is 63.9 Å². The lowest BCUT2D eigenvalue weighted by Gasteiger charge is -2.36. The molecule has 4 aromatic rings. The summed E-state index contributed by atoms with van der Waals surface area (Å²) in [4.78, 5) is 33.3. The first-order chi connectivity index (χ1) is 17.5. The Morgan fingerprint density at radius 2 is 1.75 bits per heavy atom. The highest BCUT2D eigenvalue weighted by Gasteiger charge is 2.30. The van der Waals surface area contributed by atoms with Crippen LogP contribution in [0.4, 0.5) is 11.7 Å². The molecule has 0 spiro atoms. The fourth-order valence-corrected chi connectivity index (χ4v) is 4.88. The van der Waals surface area contributed by atoms with Gasteiger partial charge in [-0.05, 0) is 42.7 Å². The average molecular weight is 487 g/mol. The van der Waals surface area contributed by atoms with Gasteiger partial charge < -0.3 is 28.6 Å². The normalized spacial score (nSPS) is 16.0. The number of rotatable bonds is 6. The minimum Gasteiger partial charge on any atom is -0.477 e. The van der Waals surface area contributed by atoms with Crippen molar-refractivity contribution in [2.24, 2.45) is 0 Å². The number of nitrogens with zero attached hydrogens (tertiary/aromatic N) is 4. The standard InChI is InChI=1S/C27H26N4O5/c1-35-20-14-30(15-20)27-28-22-9-8-19(12-25(22)36-27)31-16-21(26(33)34)24(32)13-23(31)17-4-6-18(7-5-17)29-10-2-3-11-29/h4-9,12-13,16,20H,2-3,10-11,14-15H2,1H3,(H,33,34). The van der Waals surface area contributed by atoms with E-state index in [9.17, 15) is 14.7 Å². The Bertz CT molecular complexity index is 1500. The fraction of sp³-hybridized carbons (Fsp3) is 0.296. The highest BCUT2D eigenvalue weighted by Crippen LogP contribution is 2.30. The van der Waals surface area contributed by atoms with Crippen molar-refractivity contribution < 1.29 is 19.1 Å². The molecule has 1 N–H and O–H groups in total. The Labute approximate surface area is 207 Å². The number of pyridine rings is 1. The first-order valence-electron chi connectivity index (χ1n) is 12.0. The maximum Gasteiger partial charge on any atom is 0.341 e. The van der Waals surface area contributed by atoms with Crippen LogP contribution < -0.4 is 15.2 Å². The maximum atomic E-state index is 12.6. The molecule has 9 nitrogen and oxygen atoms in total. The van der Waals surface area contributed by atoms with Gasteiger partial charge in [0.25, 0.3) is 6.01 Å². The van der Waals surface area contributed by atoms with Gasteiger partial charge in [-0.25, -0.2) is 4.79 Å². The molecule has 2 aliphatic rings. The number of aromatic nitrogens is 2. The number of carboxylic acids is 1. The van der Waals surface area contributed by atoms with Crippen molar-refractivity contribution in [3.63, 3.8) is 0 Å². The second kappa shape index (κ2) is 8.83. The number of oxazole rings is 1. The highest BCUT2D eigenvalue weighted by molar-refractivity contribution is 5.88. The summed E-state index contributed by atoms with van der Waals surface area (Å²) in [5, 5.41) is 9.60. The predicted molar refractivity (Wildman–Crippen MR) is 136 cm³/mol. The summed E-state index contributed by atoms with van der Waals surface area (Å²) in [7, 11) is 1.69. The molecule has 0 radical (unpaired) electrons. The van der Waals surface area contributed by atoms with Crippen molar-refractivity contribution >= 4 is 28.8 Å². The van der Waals surface area contributed by atoms with Gasteiger partial charge >= 0.3 is 5.97 Å². The lowest BCUT2D eigenvalue weighted by molar-refractivity contribution is 0.0694. The van der Waals surface area contributed by atoms with E-state index in [1.54, 1.807) is 11.7 Å². The quantitative estimate of drug-likeness (QED) is 0.440. The van der Waals surface area contributed by atoms with Crippen LogP contribution in [0.1, 0.15) is 23.2 Å². The molecule has 36 heavy (non-hydrogen) atoms. The zero-order valence-corrected chi connectivity index (χ0v) is 19.9. The van der Waals surface area contributed by atoms with E-state index in [-0.39, 0.29) is 11.7 Å². The molecule has 0 unspecified atom stereocenters. The average Bonchev–Trinajstić information content (AvgIpc) is 3.53. The minimum atomic E-state index is -1.27. The number of anilines is 2. The second-order valence-electron chi connectivity index (χ2n) is 9.26. The molecule has 2 saturated heterocycles. The Balaban J connectivity index is 1.41. The van der Waals surface area contributed by atoms with E-state index >= 15 is 0 Å². The molecule has 2 aliphatic heterocycles. The van der Waals surface area contributed by atoms with E-state index in [1.165, 1.54) is 25.1 Å². The number of carboxylic acid groups (broad SMARTS) is 1. The van der Waals surface area contributed by atoms with E-state index < -0.39 is 11.4 Å². The molecular formula is C27H26N4O5. The number of ether oxygens (including phenoxy) is 1. The molecular weight excluding hydrogens is 460 g/mol. The van der Waals surface area contributed by atoms with Gasteiger partial charge in [0.2, 0.25) is 0 Å². The third-order valence-electron chi connectivity index (χ3n) is 7.01. The predicted octanol–water partition coefficient (Wildman–Crippen LogP) is 3.78. The van der Waals surface area contributed by atoms with Gasteiger partial charge in [0, 0.05) is 49.9 Å². The smallest absolute Gasteiger partial charge is 0.341 e. The molecule has 0 atom stereocenters. The number of hydrogen-bond acceptors (Lipinski definition) is 7. The first-order valence-corrected chi connectivity index (χ1v) is 12.0. The molecule has 184 valence electrons. The molecule has 2 aromatic carbocycles.